The summed E-state index contributed by atoms with van der Waals surface area (Å²) in [5.41, 5.74) is 2.97. The van der Waals surface area contributed by atoms with Crippen LogP contribution in [-0.4, -0.2) is 48.0 Å². The minimum Gasteiger partial charge on any atom is -0.497 e. The summed E-state index contributed by atoms with van der Waals surface area (Å²) in [5.74, 6) is 3.49. The molecule has 2 aromatic heterocycles. The molecule has 0 saturated carbocycles. The smallest absolute Gasteiger partial charge is 0.203 e. The summed E-state index contributed by atoms with van der Waals surface area (Å²) in [6, 6.07) is 11.5. The summed E-state index contributed by atoms with van der Waals surface area (Å²) in [6.45, 7) is 4.17. The fourth-order valence-electron chi connectivity index (χ4n) is 3.54. The topological polar surface area (TPSA) is 92.5 Å². The van der Waals surface area contributed by atoms with Gasteiger partial charge in [-0.1, -0.05) is 0 Å². The second-order valence-corrected chi connectivity index (χ2v) is 7.58. The number of methoxy groups -OCH3 is 4. The summed E-state index contributed by atoms with van der Waals surface area (Å²) in [6.07, 6.45) is 1.78. The highest BCUT2D eigenvalue weighted by atomic mass is 16.5. The van der Waals surface area contributed by atoms with Crippen LogP contribution in [0.1, 0.15) is 19.9 Å². The Labute approximate surface area is 192 Å². The van der Waals surface area contributed by atoms with Gasteiger partial charge in [0.2, 0.25) is 5.75 Å². The van der Waals surface area contributed by atoms with Crippen molar-refractivity contribution in [1.82, 2.24) is 19.5 Å². The number of benzene rings is 2. The molecule has 0 amide bonds. The SMILES string of the molecule is COc1ccc(-c2nc(Nc3cc(OC)c(OC)c(OC)c3)c3ncn(C(C)C)c3n2)cc1. The molecule has 0 unspecified atom stereocenters. The number of ether oxygens (including phenoxy) is 4. The summed E-state index contributed by atoms with van der Waals surface area (Å²) in [4.78, 5) is 14.2. The van der Waals surface area contributed by atoms with Crippen molar-refractivity contribution >= 4 is 22.7 Å². The number of hydrogen-bond acceptors (Lipinski definition) is 8. The molecule has 33 heavy (non-hydrogen) atoms. The highest BCUT2D eigenvalue weighted by molar-refractivity contribution is 5.88. The van der Waals surface area contributed by atoms with Crippen LogP contribution in [0.15, 0.2) is 42.7 Å². The lowest BCUT2D eigenvalue weighted by molar-refractivity contribution is 0.324. The summed E-state index contributed by atoms with van der Waals surface area (Å²) in [5, 5.41) is 3.37. The molecule has 4 rings (SSSR count). The Morgan fingerprint density at radius 2 is 1.52 bits per heavy atom. The van der Waals surface area contributed by atoms with Crippen LogP contribution in [0, 0.1) is 0 Å². The Hall–Kier alpha value is -4.01. The lowest BCUT2D eigenvalue weighted by atomic mass is 10.2. The van der Waals surface area contributed by atoms with Gasteiger partial charge in [-0.15, -0.1) is 0 Å². The standard InChI is InChI=1S/C24H27N5O4/c1-14(2)29-13-25-20-23(26-16-11-18(31-4)21(33-6)19(12-16)32-5)27-22(28-24(20)29)15-7-9-17(30-3)10-8-15/h7-14H,1-6H3,(H,26,27,28). The zero-order valence-corrected chi connectivity index (χ0v) is 19.5. The van der Waals surface area contributed by atoms with E-state index < -0.39 is 0 Å². The molecule has 0 atom stereocenters. The zero-order chi connectivity index (χ0) is 23.5. The largest absolute Gasteiger partial charge is 0.497 e. The molecule has 0 aliphatic heterocycles. The second kappa shape index (κ2) is 9.23. The summed E-state index contributed by atoms with van der Waals surface area (Å²) < 4.78 is 23.7. The van der Waals surface area contributed by atoms with Crippen molar-refractivity contribution in [3.05, 3.63) is 42.7 Å². The highest BCUT2D eigenvalue weighted by Gasteiger charge is 2.18. The Morgan fingerprint density at radius 3 is 2.06 bits per heavy atom. The van der Waals surface area contributed by atoms with Gasteiger partial charge in [0.1, 0.15) is 5.75 Å². The average molecular weight is 450 g/mol. The fraction of sp³-hybridized carbons (Fsp3) is 0.292. The Kier molecular flexibility index (Phi) is 6.21. The summed E-state index contributed by atoms with van der Waals surface area (Å²) in [7, 11) is 6.37. The first-order valence-corrected chi connectivity index (χ1v) is 10.4. The van der Waals surface area contributed by atoms with Gasteiger partial charge in [-0.3, -0.25) is 0 Å². The van der Waals surface area contributed by atoms with Gasteiger partial charge < -0.3 is 28.8 Å². The molecule has 172 valence electrons. The number of hydrogen-bond donors (Lipinski definition) is 1. The van der Waals surface area contributed by atoms with E-state index in [2.05, 4.69) is 24.1 Å². The van der Waals surface area contributed by atoms with Crippen LogP contribution in [0.2, 0.25) is 0 Å². The highest BCUT2D eigenvalue weighted by Crippen LogP contribution is 2.41. The molecule has 2 heterocycles. The van der Waals surface area contributed by atoms with Crippen LogP contribution < -0.4 is 24.3 Å². The predicted octanol–water partition coefficient (Wildman–Crippen LogP) is 4.85. The Morgan fingerprint density at radius 1 is 0.848 bits per heavy atom. The van der Waals surface area contributed by atoms with E-state index in [1.54, 1.807) is 34.8 Å². The molecule has 9 nitrogen and oxygen atoms in total. The number of aromatic nitrogens is 4. The molecule has 1 N–H and O–H groups in total. The van der Waals surface area contributed by atoms with E-state index >= 15 is 0 Å². The van der Waals surface area contributed by atoms with Crippen LogP contribution in [0.4, 0.5) is 11.5 Å². The molecular weight excluding hydrogens is 422 g/mol. The molecular formula is C24H27N5O4. The van der Waals surface area contributed by atoms with E-state index in [0.29, 0.717) is 40.1 Å². The third-order valence-corrected chi connectivity index (χ3v) is 5.25. The Balaban J connectivity index is 1.86. The monoisotopic (exact) mass is 449 g/mol. The van der Waals surface area contributed by atoms with Crippen molar-refractivity contribution in [2.24, 2.45) is 0 Å². The third-order valence-electron chi connectivity index (χ3n) is 5.25. The van der Waals surface area contributed by atoms with Crippen molar-refractivity contribution in [3.8, 4) is 34.4 Å². The quantitative estimate of drug-likeness (QED) is 0.408. The molecule has 0 spiro atoms. The van der Waals surface area contributed by atoms with E-state index in [-0.39, 0.29) is 6.04 Å². The number of rotatable bonds is 8. The number of nitrogens with one attached hydrogen (secondary N) is 1. The van der Waals surface area contributed by atoms with Crippen LogP contribution in [-0.2, 0) is 0 Å². The van der Waals surface area contributed by atoms with Crippen molar-refractivity contribution in [2.45, 2.75) is 19.9 Å². The van der Waals surface area contributed by atoms with Gasteiger partial charge in [0.15, 0.2) is 34.3 Å². The predicted molar refractivity (Wildman–Crippen MR) is 127 cm³/mol. The molecule has 0 saturated heterocycles. The van der Waals surface area contributed by atoms with Gasteiger partial charge in [0.25, 0.3) is 0 Å². The van der Waals surface area contributed by atoms with E-state index in [1.165, 1.54) is 0 Å². The molecule has 0 aliphatic rings. The van der Waals surface area contributed by atoms with Crippen molar-refractivity contribution in [2.75, 3.05) is 33.8 Å². The molecule has 0 fully saturated rings. The van der Waals surface area contributed by atoms with Crippen LogP contribution in [0.25, 0.3) is 22.6 Å². The van der Waals surface area contributed by atoms with Crippen molar-refractivity contribution < 1.29 is 18.9 Å². The van der Waals surface area contributed by atoms with Gasteiger partial charge in [-0.2, -0.15) is 0 Å². The lowest BCUT2D eigenvalue weighted by Crippen LogP contribution is -2.04. The van der Waals surface area contributed by atoms with Crippen molar-refractivity contribution in [1.29, 1.82) is 0 Å². The molecule has 0 radical (unpaired) electrons. The van der Waals surface area contributed by atoms with E-state index in [1.807, 2.05) is 41.0 Å². The van der Waals surface area contributed by atoms with Crippen molar-refractivity contribution in [3.63, 3.8) is 0 Å². The summed E-state index contributed by atoms with van der Waals surface area (Å²) >= 11 is 0. The van der Waals surface area contributed by atoms with E-state index in [4.69, 9.17) is 28.9 Å². The van der Waals surface area contributed by atoms with Gasteiger partial charge in [0.05, 0.1) is 34.8 Å². The minimum absolute atomic E-state index is 0.183. The maximum atomic E-state index is 5.49. The average Bonchev–Trinajstić information content (AvgIpc) is 3.28. The second-order valence-electron chi connectivity index (χ2n) is 7.58. The minimum atomic E-state index is 0.183. The number of nitrogens with zero attached hydrogens (tertiary/aromatic N) is 4. The number of imidazole rings is 1. The van der Waals surface area contributed by atoms with Gasteiger partial charge in [-0.05, 0) is 38.1 Å². The fourth-order valence-corrected chi connectivity index (χ4v) is 3.54. The lowest BCUT2D eigenvalue weighted by Gasteiger charge is -2.15. The molecule has 2 aromatic carbocycles. The molecule has 0 bridgehead atoms. The van der Waals surface area contributed by atoms with E-state index in [0.717, 1.165) is 17.0 Å². The first kappa shape index (κ1) is 22.2. The van der Waals surface area contributed by atoms with Crippen LogP contribution >= 0.6 is 0 Å². The zero-order valence-electron chi connectivity index (χ0n) is 19.5. The van der Waals surface area contributed by atoms with Crippen LogP contribution in [0.3, 0.4) is 0 Å². The molecule has 4 aromatic rings. The Bertz CT molecular complexity index is 1240. The maximum Gasteiger partial charge on any atom is 0.203 e. The molecule has 0 aliphatic carbocycles. The number of fused-ring (bicyclic) bond motifs is 1. The first-order chi connectivity index (χ1) is 16.0. The maximum absolute atomic E-state index is 5.49. The third kappa shape index (κ3) is 4.21. The molecule has 9 heteroatoms. The van der Waals surface area contributed by atoms with E-state index in [9.17, 15) is 0 Å². The van der Waals surface area contributed by atoms with Gasteiger partial charge in [-0.25, -0.2) is 15.0 Å². The van der Waals surface area contributed by atoms with Crippen LogP contribution in [0.5, 0.6) is 23.0 Å². The van der Waals surface area contributed by atoms with Gasteiger partial charge >= 0.3 is 0 Å². The first-order valence-electron chi connectivity index (χ1n) is 10.4. The normalized spacial score (nSPS) is 11.0. The number of anilines is 2. The van der Waals surface area contributed by atoms with Gasteiger partial charge in [0, 0.05) is 29.4 Å².